The lowest BCUT2D eigenvalue weighted by molar-refractivity contribution is 0.0960. The number of benzene rings is 2. The van der Waals surface area contributed by atoms with Gasteiger partial charge in [0.25, 0.3) is 5.91 Å². The summed E-state index contributed by atoms with van der Waals surface area (Å²) in [5, 5.41) is 0.478. The van der Waals surface area contributed by atoms with E-state index in [1.807, 2.05) is 68.4 Å². The first-order valence-corrected chi connectivity index (χ1v) is 9.15. The third-order valence-corrected chi connectivity index (χ3v) is 5.36. The maximum Gasteiger partial charge on any atom is 0.255 e. The molecule has 3 nitrogen and oxygen atoms in total. The summed E-state index contributed by atoms with van der Waals surface area (Å²) in [7, 11) is -1.40. The summed E-state index contributed by atoms with van der Waals surface area (Å²) in [6.07, 6.45) is 3.23. The summed E-state index contributed by atoms with van der Waals surface area (Å²) >= 11 is 0. The van der Waals surface area contributed by atoms with Gasteiger partial charge in [-0.3, -0.25) is 9.36 Å². The molecule has 0 aliphatic carbocycles. The molecule has 25 heavy (non-hydrogen) atoms. The molecule has 0 amide bonds. The Morgan fingerprint density at radius 2 is 1.64 bits per heavy atom. The molecule has 0 saturated heterocycles. The number of hydrogen-bond acceptors (Lipinski definition) is 2. The standard InChI is InChI=1S/C21H19NO2S/c1-16-10-12-19(13-11-16)25(24)21-9-6-14-22(21)20(23)15-17(2)18-7-4-3-5-8-18/h3-15H,1-2H3/b17-15+. The zero-order chi connectivity index (χ0) is 17.8. The predicted octanol–water partition coefficient (Wildman–Crippen LogP) is 4.71. The van der Waals surface area contributed by atoms with Crippen molar-refractivity contribution in [1.82, 2.24) is 4.57 Å². The summed E-state index contributed by atoms with van der Waals surface area (Å²) in [5.41, 5.74) is 2.96. The van der Waals surface area contributed by atoms with Gasteiger partial charge in [0.05, 0.1) is 0 Å². The van der Waals surface area contributed by atoms with E-state index in [0.29, 0.717) is 9.92 Å². The largest absolute Gasteiger partial charge is 0.276 e. The van der Waals surface area contributed by atoms with E-state index in [-0.39, 0.29) is 5.91 Å². The third kappa shape index (κ3) is 3.86. The number of nitrogens with zero attached hydrogens (tertiary/aromatic N) is 1. The Bertz CT molecular complexity index is 938. The first-order chi connectivity index (χ1) is 12.1. The van der Waals surface area contributed by atoms with E-state index >= 15 is 0 Å². The van der Waals surface area contributed by atoms with Crippen LogP contribution in [-0.4, -0.2) is 14.7 Å². The minimum atomic E-state index is -1.40. The van der Waals surface area contributed by atoms with Gasteiger partial charge in [0.15, 0.2) is 0 Å². The zero-order valence-electron chi connectivity index (χ0n) is 14.2. The number of aromatic nitrogens is 1. The molecule has 0 fully saturated rings. The number of carbonyl (C=O) groups excluding carboxylic acids is 1. The van der Waals surface area contributed by atoms with Crippen LogP contribution in [0.3, 0.4) is 0 Å². The summed E-state index contributed by atoms with van der Waals surface area (Å²) in [5.74, 6) is -0.207. The van der Waals surface area contributed by atoms with Crippen molar-refractivity contribution in [2.45, 2.75) is 23.8 Å². The molecule has 3 rings (SSSR count). The Kier molecular flexibility index (Phi) is 5.10. The first kappa shape index (κ1) is 17.1. The molecule has 4 heteroatoms. The smallest absolute Gasteiger partial charge is 0.255 e. The van der Waals surface area contributed by atoms with Crippen LogP contribution in [0.15, 0.2) is 88.9 Å². The predicted molar refractivity (Wildman–Crippen MR) is 101 cm³/mol. The Hall–Kier alpha value is -2.72. The fourth-order valence-electron chi connectivity index (χ4n) is 2.52. The van der Waals surface area contributed by atoms with E-state index in [9.17, 15) is 9.00 Å². The summed E-state index contributed by atoms with van der Waals surface area (Å²) in [6, 6.07) is 20.7. The van der Waals surface area contributed by atoms with Crippen LogP contribution in [0.5, 0.6) is 0 Å². The highest BCUT2D eigenvalue weighted by molar-refractivity contribution is 7.85. The van der Waals surface area contributed by atoms with E-state index in [1.54, 1.807) is 24.4 Å². The van der Waals surface area contributed by atoms with Crippen molar-refractivity contribution in [2.24, 2.45) is 0 Å². The van der Waals surface area contributed by atoms with E-state index in [0.717, 1.165) is 16.7 Å². The highest BCUT2D eigenvalue weighted by Gasteiger charge is 2.15. The van der Waals surface area contributed by atoms with Crippen LogP contribution in [0.1, 0.15) is 22.8 Å². The van der Waals surface area contributed by atoms with Crippen LogP contribution in [0, 0.1) is 6.92 Å². The molecule has 1 aromatic heterocycles. The van der Waals surface area contributed by atoms with E-state index in [2.05, 4.69) is 0 Å². The van der Waals surface area contributed by atoms with Crippen molar-refractivity contribution in [3.63, 3.8) is 0 Å². The van der Waals surface area contributed by atoms with Crippen LogP contribution in [-0.2, 0) is 10.8 Å². The molecular weight excluding hydrogens is 330 g/mol. The minimum Gasteiger partial charge on any atom is -0.276 e. The van der Waals surface area contributed by atoms with Gasteiger partial charge >= 0.3 is 0 Å². The second-order valence-electron chi connectivity index (χ2n) is 5.83. The number of allylic oxidation sites excluding steroid dienone is 2. The Labute approximate surface area is 150 Å². The molecule has 0 aliphatic heterocycles. The number of aryl methyl sites for hydroxylation is 1. The summed E-state index contributed by atoms with van der Waals surface area (Å²) in [6.45, 7) is 3.88. The fourth-order valence-corrected chi connectivity index (χ4v) is 3.68. The topological polar surface area (TPSA) is 39.1 Å². The van der Waals surface area contributed by atoms with Crippen LogP contribution < -0.4 is 0 Å². The third-order valence-electron chi connectivity index (χ3n) is 3.94. The highest BCUT2D eigenvalue weighted by Crippen LogP contribution is 2.19. The number of hydrogen-bond donors (Lipinski definition) is 0. The zero-order valence-corrected chi connectivity index (χ0v) is 15.0. The Morgan fingerprint density at radius 1 is 0.960 bits per heavy atom. The number of rotatable bonds is 4. The molecule has 0 N–H and O–H groups in total. The van der Waals surface area contributed by atoms with Gasteiger partial charge in [-0.2, -0.15) is 0 Å². The van der Waals surface area contributed by atoms with Crippen molar-refractivity contribution in [2.75, 3.05) is 0 Å². The average Bonchev–Trinajstić information content (AvgIpc) is 3.12. The lowest BCUT2D eigenvalue weighted by atomic mass is 10.1. The maximum atomic E-state index is 12.8. The molecule has 1 heterocycles. The molecule has 0 saturated carbocycles. The fraction of sp³-hybridized carbons (Fsp3) is 0.0952. The molecule has 0 radical (unpaired) electrons. The van der Waals surface area contributed by atoms with Gasteiger partial charge in [0.1, 0.15) is 15.8 Å². The van der Waals surface area contributed by atoms with Crippen molar-refractivity contribution in [1.29, 1.82) is 0 Å². The molecule has 0 bridgehead atoms. The summed E-state index contributed by atoms with van der Waals surface area (Å²) in [4.78, 5) is 13.3. The van der Waals surface area contributed by atoms with Gasteiger partial charge in [0.2, 0.25) is 0 Å². The van der Waals surface area contributed by atoms with Crippen LogP contribution >= 0.6 is 0 Å². The van der Waals surface area contributed by atoms with E-state index < -0.39 is 10.8 Å². The molecule has 126 valence electrons. The summed E-state index contributed by atoms with van der Waals surface area (Å²) < 4.78 is 14.3. The molecule has 0 aliphatic rings. The van der Waals surface area contributed by atoms with E-state index in [4.69, 9.17) is 0 Å². The van der Waals surface area contributed by atoms with Gasteiger partial charge in [0, 0.05) is 17.2 Å². The molecule has 1 unspecified atom stereocenters. The first-order valence-electron chi connectivity index (χ1n) is 8.00. The molecule has 2 aromatic carbocycles. The molecule has 0 spiro atoms. The Morgan fingerprint density at radius 3 is 2.32 bits per heavy atom. The van der Waals surface area contributed by atoms with Gasteiger partial charge < -0.3 is 0 Å². The van der Waals surface area contributed by atoms with Crippen LogP contribution in [0.4, 0.5) is 0 Å². The molecule has 1 atom stereocenters. The van der Waals surface area contributed by atoms with Crippen molar-refractivity contribution in [3.05, 3.63) is 90.1 Å². The lowest BCUT2D eigenvalue weighted by Gasteiger charge is -2.07. The van der Waals surface area contributed by atoms with Gasteiger partial charge in [-0.15, -0.1) is 0 Å². The minimum absolute atomic E-state index is 0.207. The average molecular weight is 349 g/mol. The van der Waals surface area contributed by atoms with E-state index in [1.165, 1.54) is 4.57 Å². The quantitative estimate of drug-likeness (QED) is 0.640. The highest BCUT2D eigenvalue weighted by atomic mass is 32.2. The van der Waals surface area contributed by atoms with Gasteiger partial charge in [-0.05, 0) is 49.2 Å². The van der Waals surface area contributed by atoms with Crippen molar-refractivity contribution < 1.29 is 9.00 Å². The maximum absolute atomic E-state index is 12.8. The number of carbonyl (C=O) groups is 1. The SMILES string of the molecule is C/C(=C\C(=O)n1cccc1S(=O)c1ccc(C)cc1)c1ccccc1. The monoisotopic (exact) mass is 349 g/mol. The molecular formula is C21H19NO2S. The second-order valence-corrected chi connectivity index (χ2v) is 7.26. The normalized spacial score (nSPS) is 12.8. The second kappa shape index (κ2) is 7.45. The van der Waals surface area contributed by atoms with Crippen LogP contribution in [0.2, 0.25) is 0 Å². The lowest BCUT2D eigenvalue weighted by Crippen LogP contribution is -2.11. The Balaban J connectivity index is 1.90. The van der Waals surface area contributed by atoms with Gasteiger partial charge in [-0.25, -0.2) is 4.21 Å². The molecule has 3 aromatic rings. The van der Waals surface area contributed by atoms with Gasteiger partial charge in [-0.1, -0.05) is 48.0 Å². The van der Waals surface area contributed by atoms with Crippen molar-refractivity contribution in [3.8, 4) is 0 Å². The van der Waals surface area contributed by atoms with Crippen molar-refractivity contribution >= 4 is 22.3 Å². The van der Waals surface area contributed by atoms with Crippen LogP contribution in [0.25, 0.3) is 5.57 Å².